The molecule has 2 rings (SSSR count). The van der Waals surface area contributed by atoms with E-state index >= 15 is 0 Å². The van der Waals surface area contributed by atoms with Gasteiger partial charge in [-0.1, -0.05) is 32.4 Å². The molecule has 0 saturated carbocycles. The van der Waals surface area contributed by atoms with Gasteiger partial charge in [0.2, 0.25) is 5.91 Å². The molecule has 1 unspecified atom stereocenters. The highest BCUT2D eigenvalue weighted by Gasteiger charge is 2.35. The largest absolute Gasteiger partial charge is 0.338 e. The van der Waals surface area contributed by atoms with Crippen molar-refractivity contribution in [3.63, 3.8) is 0 Å². The molecule has 1 saturated heterocycles. The molecule has 0 radical (unpaired) electrons. The van der Waals surface area contributed by atoms with Gasteiger partial charge >= 0.3 is 0 Å². The normalized spacial score (nSPS) is 20.5. The number of benzene rings is 1. The van der Waals surface area contributed by atoms with E-state index in [0.29, 0.717) is 42.3 Å². The van der Waals surface area contributed by atoms with E-state index in [9.17, 15) is 9.59 Å². The summed E-state index contributed by atoms with van der Waals surface area (Å²) in [6.45, 7) is 7.91. The molecule has 0 spiro atoms. The zero-order valence-electron chi connectivity index (χ0n) is 14.6. The number of rotatable bonds is 5. The van der Waals surface area contributed by atoms with Gasteiger partial charge in [0.1, 0.15) is 0 Å². The first-order valence-electron chi connectivity index (χ1n) is 8.33. The van der Waals surface area contributed by atoms with Gasteiger partial charge in [0, 0.05) is 25.2 Å². The molecule has 5 nitrogen and oxygen atoms in total. The Morgan fingerprint density at radius 2 is 2.12 bits per heavy atom. The van der Waals surface area contributed by atoms with Crippen molar-refractivity contribution in [2.75, 3.05) is 25.0 Å². The second-order valence-electron chi connectivity index (χ2n) is 7.33. The third-order valence-corrected chi connectivity index (χ3v) is 4.74. The number of nitrogens with one attached hydrogen (secondary N) is 1. The van der Waals surface area contributed by atoms with Crippen LogP contribution >= 0.6 is 11.6 Å². The Hall–Kier alpha value is -1.59. The zero-order chi connectivity index (χ0) is 17.9. The highest BCUT2D eigenvalue weighted by Crippen LogP contribution is 2.31. The van der Waals surface area contributed by atoms with Crippen molar-refractivity contribution in [3.8, 4) is 0 Å². The molecule has 1 aromatic carbocycles. The summed E-state index contributed by atoms with van der Waals surface area (Å²) in [5, 5.41) is 3.22. The minimum Gasteiger partial charge on any atom is -0.338 e. The number of hydrogen-bond acceptors (Lipinski definition) is 3. The predicted molar refractivity (Wildman–Crippen MR) is 97.2 cm³/mol. The van der Waals surface area contributed by atoms with Crippen LogP contribution in [0.5, 0.6) is 0 Å². The molecule has 1 aromatic rings. The number of carbonyl (C=O) groups is 2. The van der Waals surface area contributed by atoms with E-state index in [4.69, 9.17) is 17.3 Å². The number of anilines is 1. The number of nitrogens with two attached hydrogens (primary N) is 1. The number of nitrogens with zero attached hydrogens (tertiary/aromatic N) is 1. The summed E-state index contributed by atoms with van der Waals surface area (Å²) in [6.07, 6.45) is 1.32. The molecule has 0 aliphatic carbocycles. The standard InChI is InChI=1S/C18H26ClN3O2/c1-12(2)8-16(23)21-13-4-5-15(19)14(9-13)17(24)22-7-6-18(3,10-20)11-22/h4-5,9,12H,6-8,10-11,20H2,1-3H3,(H,21,23). The van der Waals surface area contributed by atoms with Crippen molar-refractivity contribution in [1.82, 2.24) is 4.90 Å². The second kappa shape index (κ2) is 7.53. The van der Waals surface area contributed by atoms with Gasteiger partial charge in [0.05, 0.1) is 10.6 Å². The van der Waals surface area contributed by atoms with Gasteiger partial charge in [-0.2, -0.15) is 0 Å². The van der Waals surface area contributed by atoms with Crippen LogP contribution < -0.4 is 11.1 Å². The summed E-state index contributed by atoms with van der Waals surface area (Å²) in [7, 11) is 0. The smallest absolute Gasteiger partial charge is 0.255 e. The molecule has 1 atom stereocenters. The SMILES string of the molecule is CC(C)CC(=O)Nc1ccc(Cl)c(C(=O)N2CCC(C)(CN)C2)c1. The Morgan fingerprint density at radius 3 is 2.71 bits per heavy atom. The lowest BCUT2D eigenvalue weighted by molar-refractivity contribution is -0.116. The van der Waals surface area contributed by atoms with Crippen LogP contribution in [0.4, 0.5) is 5.69 Å². The number of halogens is 1. The van der Waals surface area contributed by atoms with Crippen LogP contribution in [-0.4, -0.2) is 36.3 Å². The zero-order valence-corrected chi connectivity index (χ0v) is 15.3. The van der Waals surface area contributed by atoms with Gasteiger partial charge in [-0.3, -0.25) is 9.59 Å². The average molecular weight is 352 g/mol. The molecule has 6 heteroatoms. The fraction of sp³-hybridized carbons (Fsp3) is 0.556. The van der Waals surface area contributed by atoms with Crippen molar-refractivity contribution >= 4 is 29.1 Å². The lowest BCUT2D eigenvalue weighted by atomic mass is 9.90. The van der Waals surface area contributed by atoms with E-state index in [1.807, 2.05) is 13.8 Å². The summed E-state index contributed by atoms with van der Waals surface area (Å²) in [5.74, 6) is 0.0941. The van der Waals surface area contributed by atoms with Crippen LogP contribution in [0.2, 0.25) is 5.02 Å². The summed E-state index contributed by atoms with van der Waals surface area (Å²) in [4.78, 5) is 26.5. The Kier molecular flexibility index (Phi) is 5.88. The van der Waals surface area contributed by atoms with Crippen LogP contribution in [0.25, 0.3) is 0 Å². The second-order valence-corrected chi connectivity index (χ2v) is 7.74. The molecule has 2 amide bonds. The highest BCUT2D eigenvalue weighted by atomic mass is 35.5. The summed E-state index contributed by atoms with van der Waals surface area (Å²) in [5.41, 5.74) is 6.78. The van der Waals surface area contributed by atoms with Crippen LogP contribution in [0.15, 0.2) is 18.2 Å². The van der Waals surface area contributed by atoms with Gasteiger partial charge in [0.25, 0.3) is 5.91 Å². The molecule has 0 bridgehead atoms. The van der Waals surface area contributed by atoms with Gasteiger partial charge < -0.3 is 16.0 Å². The quantitative estimate of drug-likeness (QED) is 0.855. The van der Waals surface area contributed by atoms with Crippen molar-refractivity contribution in [2.24, 2.45) is 17.1 Å². The first-order valence-corrected chi connectivity index (χ1v) is 8.70. The molecule has 1 aliphatic rings. The third kappa shape index (κ3) is 4.48. The number of hydrogen-bond donors (Lipinski definition) is 2. The van der Waals surface area contributed by atoms with Crippen LogP contribution in [0.3, 0.4) is 0 Å². The van der Waals surface area contributed by atoms with Crippen LogP contribution in [0.1, 0.15) is 44.0 Å². The van der Waals surface area contributed by atoms with Crippen molar-refractivity contribution in [1.29, 1.82) is 0 Å². The van der Waals surface area contributed by atoms with Crippen molar-refractivity contribution in [3.05, 3.63) is 28.8 Å². The number of amides is 2. The highest BCUT2D eigenvalue weighted by molar-refractivity contribution is 6.34. The number of likely N-dealkylation sites (tertiary alicyclic amines) is 1. The Balaban J connectivity index is 2.14. The van der Waals surface area contributed by atoms with E-state index < -0.39 is 0 Å². The van der Waals surface area contributed by atoms with Gasteiger partial charge in [-0.25, -0.2) is 0 Å². The lowest BCUT2D eigenvalue weighted by Crippen LogP contribution is -2.34. The van der Waals surface area contributed by atoms with E-state index in [-0.39, 0.29) is 23.1 Å². The molecular weight excluding hydrogens is 326 g/mol. The molecule has 0 aromatic heterocycles. The maximum atomic E-state index is 12.8. The van der Waals surface area contributed by atoms with E-state index in [1.54, 1.807) is 23.1 Å². The maximum absolute atomic E-state index is 12.8. The molecule has 132 valence electrons. The molecule has 1 aliphatic heterocycles. The Labute approximate surface area is 148 Å². The predicted octanol–water partition coefficient (Wildman–Crippen LogP) is 3.14. The van der Waals surface area contributed by atoms with Crippen LogP contribution in [0, 0.1) is 11.3 Å². The minimum atomic E-state index is -0.114. The van der Waals surface area contributed by atoms with Gasteiger partial charge in [-0.05, 0) is 42.5 Å². The monoisotopic (exact) mass is 351 g/mol. The van der Waals surface area contributed by atoms with E-state index in [1.165, 1.54) is 0 Å². The Morgan fingerprint density at radius 1 is 1.42 bits per heavy atom. The molecule has 1 heterocycles. The fourth-order valence-corrected chi connectivity index (χ4v) is 3.08. The van der Waals surface area contributed by atoms with Gasteiger partial charge in [0.15, 0.2) is 0 Å². The third-order valence-electron chi connectivity index (χ3n) is 4.41. The van der Waals surface area contributed by atoms with Crippen molar-refractivity contribution in [2.45, 2.75) is 33.6 Å². The number of carbonyl (C=O) groups excluding carboxylic acids is 2. The summed E-state index contributed by atoms with van der Waals surface area (Å²) < 4.78 is 0. The lowest BCUT2D eigenvalue weighted by Gasteiger charge is -2.23. The summed E-state index contributed by atoms with van der Waals surface area (Å²) >= 11 is 6.21. The van der Waals surface area contributed by atoms with Crippen molar-refractivity contribution < 1.29 is 9.59 Å². The molecular formula is C18H26ClN3O2. The fourth-order valence-electron chi connectivity index (χ4n) is 2.88. The van der Waals surface area contributed by atoms with Gasteiger partial charge in [-0.15, -0.1) is 0 Å². The first kappa shape index (κ1) is 18.7. The maximum Gasteiger partial charge on any atom is 0.255 e. The minimum absolute atomic E-state index is 0.0365. The topological polar surface area (TPSA) is 75.4 Å². The van der Waals surface area contributed by atoms with E-state index in [0.717, 1.165) is 6.42 Å². The Bertz CT molecular complexity index is 633. The molecule has 24 heavy (non-hydrogen) atoms. The van der Waals surface area contributed by atoms with Crippen LogP contribution in [-0.2, 0) is 4.79 Å². The molecule has 1 fully saturated rings. The summed E-state index contributed by atoms with van der Waals surface area (Å²) in [6, 6.07) is 5.02. The average Bonchev–Trinajstić information content (AvgIpc) is 2.91. The molecule has 3 N–H and O–H groups in total. The first-order chi connectivity index (χ1) is 11.2. The van der Waals surface area contributed by atoms with E-state index in [2.05, 4.69) is 12.2 Å².